The molecule has 0 bridgehead atoms. The molecule has 0 aromatic heterocycles. The molecular formula is C17H23F2NO. The van der Waals surface area contributed by atoms with Crippen molar-refractivity contribution in [3.8, 4) is 0 Å². The Morgan fingerprint density at radius 1 is 1.24 bits per heavy atom. The van der Waals surface area contributed by atoms with Crippen LogP contribution in [0.15, 0.2) is 30.3 Å². The second-order valence-electron chi connectivity index (χ2n) is 5.99. The predicted octanol–water partition coefficient (Wildman–Crippen LogP) is 4.22. The summed E-state index contributed by atoms with van der Waals surface area (Å²) in [6, 6.07) is 10.3. The highest BCUT2D eigenvalue weighted by molar-refractivity contribution is 5.76. The van der Waals surface area contributed by atoms with Crippen molar-refractivity contribution >= 4 is 5.91 Å². The first-order chi connectivity index (χ1) is 9.96. The molecule has 2 nitrogen and oxygen atoms in total. The van der Waals surface area contributed by atoms with Crippen molar-refractivity contribution in [2.75, 3.05) is 13.1 Å². The molecule has 1 amide bonds. The van der Waals surface area contributed by atoms with Crippen molar-refractivity contribution in [2.45, 2.75) is 50.9 Å². The lowest BCUT2D eigenvalue weighted by Gasteiger charge is -2.32. The Bertz CT molecular complexity index is 448. The van der Waals surface area contributed by atoms with Crippen molar-refractivity contribution in [3.63, 3.8) is 0 Å². The first kappa shape index (κ1) is 15.9. The molecule has 0 unspecified atom stereocenters. The van der Waals surface area contributed by atoms with Gasteiger partial charge in [0.1, 0.15) is 0 Å². The largest absolute Gasteiger partial charge is 0.343 e. The van der Waals surface area contributed by atoms with Crippen LogP contribution in [0.25, 0.3) is 0 Å². The molecule has 21 heavy (non-hydrogen) atoms. The van der Waals surface area contributed by atoms with Gasteiger partial charge in [0.2, 0.25) is 11.8 Å². The Balaban J connectivity index is 1.75. The standard InChI is InChI=1S/C17H23F2NO/c1-17(18,19)11-5-8-16(21)20-12-9-15(10-13-20)14-6-3-2-4-7-14/h2-4,6-7,15H,5,8-13H2,1H3. The fourth-order valence-corrected chi connectivity index (χ4v) is 2.90. The second kappa shape index (κ2) is 7.01. The van der Waals surface area contributed by atoms with Crippen LogP contribution in [0.5, 0.6) is 0 Å². The molecule has 1 heterocycles. The lowest BCUT2D eigenvalue weighted by atomic mass is 9.89. The van der Waals surface area contributed by atoms with Crippen LogP contribution < -0.4 is 0 Å². The van der Waals surface area contributed by atoms with Crippen molar-refractivity contribution < 1.29 is 13.6 Å². The number of alkyl halides is 2. The number of likely N-dealkylation sites (tertiary alicyclic amines) is 1. The molecule has 116 valence electrons. The summed E-state index contributed by atoms with van der Waals surface area (Å²) in [6.07, 6.45) is 2.21. The van der Waals surface area contributed by atoms with Gasteiger partial charge in [0, 0.05) is 25.9 Å². The number of carbonyl (C=O) groups is 1. The molecule has 0 aliphatic carbocycles. The highest BCUT2D eigenvalue weighted by atomic mass is 19.3. The maximum atomic E-state index is 12.7. The third-order valence-electron chi connectivity index (χ3n) is 4.13. The zero-order valence-corrected chi connectivity index (χ0v) is 12.5. The predicted molar refractivity (Wildman–Crippen MR) is 79.5 cm³/mol. The lowest BCUT2D eigenvalue weighted by molar-refractivity contribution is -0.132. The van der Waals surface area contributed by atoms with Crippen LogP contribution >= 0.6 is 0 Å². The normalized spacial score (nSPS) is 17.0. The number of amides is 1. The lowest BCUT2D eigenvalue weighted by Crippen LogP contribution is -2.37. The van der Waals surface area contributed by atoms with E-state index in [1.807, 2.05) is 23.1 Å². The van der Waals surface area contributed by atoms with Gasteiger partial charge < -0.3 is 4.90 Å². The number of hydrogen-bond donors (Lipinski definition) is 0. The molecule has 1 aliphatic rings. The zero-order chi connectivity index (χ0) is 15.3. The zero-order valence-electron chi connectivity index (χ0n) is 12.5. The number of carbonyl (C=O) groups excluding carboxylic acids is 1. The summed E-state index contributed by atoms with van der Waals surface area (Å²) >= 11 is 0. The van der Waals surface area contributed by atoms with E-state index in [2.05, 4.69) is 12.1 Å². The average Bonchev–Trinajstić information content (AvgIpc) is 2.47. The first-order valence-electron chi connectivity index (χ1n) is 7.66. The van der Waals surface area contributed by atoms with Gasteiger partial charge in [-0.05, 0) is 37.7 Å². The number of hydrogen-bond acceptors (Lipinski definition) is 1. The van der Waals surface area contributed by atoms with E-state index in [4.69, 9.17) is 0 Å². The topological polar surface area (TPSA) is 20.3 Å². The summed E-state index contributed by atoms with van der Waals surface area (Å²) in [5.41, 5.74) is 1.33. The molecule has 0 spiro atoms. The molecule has 1 aliphatic heterocycles. The Hall–Kier alpha value is -1.45. The minimum atomic E-state index is -2.67. The van der Waals surface area contributed by atoms with Crippen LogP contribution in [-0.2, 0) is 4.79 Å². The fraction of sp³-hybridized carbons (Fsp3) is 0.588. The van der Waals surface area contributed by atoms with E-state index in [9.17, 15) is 13.6 Å². The molecule has 0 N–H and O–H groups in total. The smallest absolute Gasteiger partial charge is 0.245 e. The summed E-state index contributed by atoms with van der Waals surface area (Å²) in [5, 5.41) is 0. The van der Waals surface area contributed by atoms with Crippen LogP contribution in [-0.4, -0.2) is 29.8 Å². The SMILES string of the molecule is CC(F)(F)CCCC(=O)N1CCC(c2ccccc2)CC1. The maximum absolute atomic E-state index is 12.7. The van der Waals surface area contributed by atoms with Gasteiger partial charge in [-0.2, -0.15) is 0 Å². The Kier molecular flexibility index (Phi) is 5.32. The summed E-state index contributed by atoms with van der Waals surface area (Å²) in [7, 11) is 0. The third kappa shape index (κ3) is 5.10. The molecule has 4 heteroatoms. The van der Waals surface area contributed by atoms with Gasteiger partial charge in [-0.15, -0.1) is 0 Å². The molecule has 2 rings (SSSR count). The minimum absolute atomic E-state index is 0.0192. The molecular weight excluding hydrogens is 272 g/mol. The van der Waals surface area contributed by atoms with Crippen LogP contribution in [0.1, 0.15) is 50.5 Å². The highest BCUT2D eigenvalue weighted by Crippen LogP contribution is 2.28. The Morgan fingerprint density at radius 3 is 2.43 bits per heavy atom. The van der Waals surface area contributed by atoms with E-state index in [1.54, 1.807) is 0 Å². The first-order valence-corrected chi connectivity index (χ1v) is 7.66. The number of rotatable bonds is 5. The summed E-state index contributed by atoms with van der Waals surface area (Å²) < 4.78 is 25.5. The van der Waals surface area contributed by atoms with E-state index in [0.717, 1.165) is 32.9 Å². The minimum Gasteiger partial charge on any atom is -0.343 e. The van der Waals surface area contributed by atoms with Gasteiger partial charge in [0.05, 0.1) is 0 Å². The van der Waals surface area contributed by atoms with Crippen LogP contribution in [0.2, 0.25) is 0 Å². The average molecular weight is 295 g/mol. The highest BCUT2D eigenvalue weighted by Gasteiger charge is 2.25. The fourth-order valence-electron chi connectivity index (χ4n) is 2.90. The van der Waals surface area contributed by atoms with Crippen LogP contribution in [0.4, 0.5) is 8.78 Å². The molecule has 0 atom stereocenters. The molecule has 0 saturated carbocycles. The van der Waals surface area contributed by atoms with Crippen molar-refractivity contribution in [1.82, 2.24) is 4.90 Å². The van der Waals surface area contributed by atoms with Crippen molar-refractivity contribution in [1.29, 1.82) is 0 Å². The third-order valence-corrected chi connectivity index (χ3v) is 4.13. The van der Waals surface area contributed by atoms with E-state index < -0.39 is 5.92 Å². The van der Waals surface area contributed by atoms with Gasteiger partial charge in [0.25, 0.3) is 0 Å². The van der Waals surface area contributed by atoms with Gasteiger partial charge in [-0.3, -0.25) is 4.79 Å². The molecule has 1 saturated heterocycles. The summed E-state index contributed by atoms with van der Waals surface area (Å²) in [4.78, 5) is 13.8. The maximum Gasteiger partial charge on any atom is 0.245 e. The molecule has 1 aromatic rings. The number of benzene rings is 1. The van der Waals surface area contributed by atoms with E-state index in [-0.39, 0.29) is 25.2 Å². The van der Waals surface area contributed by atoms with Crippen molar-refractivity contribution in [2.24, 2.45) is 0 Å². The quantitative estimate of drug-likeness (QED) is 0.796. The Morgan fingerprint density at radius 2 is 1.86 bits per heavy atom. The van der Waals surface area contributed by atoms with Gasteiger partial charge in [-0.1, -0.05) is 30.3 Å². The Labute approximate surface area is 125 Å². The van der Waals surface area contributed by atoms with E-state index in [1.165, 1.54) is 5.56 Å². The number of piperidine rings is 1. The monoisotopic (exact) mass is 295 g/mol. The summed E-state index contributed by atoms with van der Waals surface area (Å²) in [6.45, 7) is 2.38. The van der Waals surface area contributed by atoms with Gasteiger partial charge >= 0.3 is 0 Å². The molecule has 1 aromatic carbocycles. The van der Waals surface area contributed by atoms with Crippen LogP contribution in [0.3, 0.4) is 0 Å². The van der Waals surface area contributed by atoms with Gasteiger partial charge in [-0.25, -0.2) is 8.78 Å². The number of nitrogens with zero attached hydrogens (tertiary/aromatic N) is 1. The molecule has 0 radical (unpaired) electrons. The van der Waals surface area contributed by atoms with E-state index in [0.29, 0.717) is 5.92 Å². The number of halogens is 2. The summed E-state index contributed by atoms with van der Waals surface area (Å²) in [5.74, 6) is -2.14. The van der Waals surface area contributed by atoms with E-state index >= 15 is 0 Å². The van der Waals surface area contributed by atoms with Gasteiger partial charge in [0.15, 0.2) is 0 Å². The second-order valence-corrected chi connectivity index (χ2v) is 5.99. The molecule has 1 fully saturated rings. The van der Waals surface area contributed by atoms with Crippen LogP contribution in [0, 0.1) is 0 Å². The van der Waals surface area contributed by atoms with Crippen molar-refractivity contribution in [3.05, 3.63) is 35.9 Å².